The van der Waals surface area contributed by atoms with Crippen LogP contribution in [0.15, 0.2) is 52.9 Å². The van der Waals surface area contributed by atoms with Gasteiger partial charge in [0, 0.05) is 5.56 Å². The highest BCUT2D eigenvalue weighted by molar-refractivity contribution is 5.90. The Hall–Kier alpha value is -3.35. The first kappa shape index (κ1) is 17.5. The zero-order valence-corrected chi connectivity index (χ0v) is 14.6. The predicted molar refractivity (Wildman–Crippen MR) is 93.1 cm³/mol. The van der Waals surface area contributed by atoms with E-state index in [0.717, 1.165) is 11.3 Å². The third kappa shape index (κ3) is 3.83. The molecule has 134 valence electrons. The Morgan fingerprint density at radius 1 is 1.00 bits per heavy atom. The average Bonchev–Trinajstić information content (AvgIpc) is 3.18. The van der Waals surface area contributed by atoms with Crippen LogP contribution in [-0.2, 0) is 4.74 Å². The van der Waals surface area contributed by atoms with Crippen molar-refractivity contribution in [3.05, 3.63) is 60.0 Å². The molecule has 0 bridgehead atoms. The van der Waals surface area contributed by atoms with E-state index < -0.39 is 12.1 Å². The normalized spacial score (nSPS) is 11.7. The number of rotatable bonds is 6. The molecular weight excluding hydrogens is 336 g/mol. The molecule has 7 nitrogen and oxygen atoms in total. The minimum Gasteiger partial charge on any atom is -0.497 e. The molecule has 1 atom stereocenters. The zero-order chi connectivity index (χ0) is 18.5. The van der Waals surface area contributed by atoms with Gasteiger partial charge < -0.3 is 18.6 Å². The summed E-state index contributed by atoms with van der Waals surface area (Å²) in [4.78, 5) is 12.3. The number of esters is 1. The lowest BCUT2D eigenvalue weighted by molar-refractivity contribution is 0.0279. The highest BCUT2D eigenvalue weighted by atomic mass is 16.6. The van der Waals surface area contributed by atoms with Crippen molar-refractivity contribution in [1.82, 2.24) is 10.2 Å². The van der Waals surface area contributed by atoms with Crippen molar-refractivity contribution in [2.75, 3.05) is 14.2 Å². The molecule has 0 saturated heterocycles. The minimum absolute atomic E-state index is 0.215. The molecule has 7 heteroatoms. The second kappa shape index (κ2) is 7.69. The zero-order valence-electron chi connectivity index (χ0n) is 14.6. The number of carbonyl (C=O) groups excluding carboxylic acids is 1. The molecule has 0 radical (unpaired) electrons. The van der Waals surface area contributed by atoms with Crippen molar-refractivity contribution in [2.24, 2.45) is 0 Å². The predicted octanol–water partition coefficient (Wildman–Crippen LogP) is 3.67. The summed E-state index contributed by atoms with van der Waals surface area (Å²) in [5, 5.41) is 7.97. The molecule has 0 saturated carbocycles. The van der Waals surface area contributed by atoms with E-state index in [4.69, 9.17) is 18.6 Å². The lowest BCUT2D eigenvalue weighted by Gasteiger charge is -2.10. The fourth-order valence-corrected chi connectivity index (χ4v) is 2.28. The summed E-state index contributed by atoms with van der Waals surface area (Å²) in [5.74, 6) is 1.36. The lowest BCUT2D eigenvalue weighted by Crippen LogP contribution is -2.09. The molecule has 0 unspecified atom stereocenters. The molecule has 0 amide bonds. The number of nitrogens with zero attached hydrogens (tertiary/aromatic N) is 2. The number of benzene rings is 2. The summed E-state index contributed by atoms with van der Waals surface area (Å²) in [5.41, 5.74) is 1.13. The van der Waals surface area contributed by atoms with Gasteiger partial charge in [0.1, 0.15) is 11.5 Å². The fraction of sp³-hybridized carbons (Fsp3) is 0.211. The van der Waals surface area contributed by atoms with Crippen molar-refractivity contribution >= 4 is 5.97 Å². The van der Waals surface area contributed by atoms with E-state index in [-0.39, 0.29) is 5.89 Å². The minimum atomic E-state index is -0.687. The summed E-state index contributed by atoms with van der Waals surface area (Å²) in [6, 6.07) is 13.9. The molecule has 1 aromatic heterocycles. The van der Waals surface area contributed by atoms with E-state index in [1.165, 1.54) is 7.11 Å². The van der Waals surface area contributed by atoms with Crippen LogP contribution in [0.5, 0.6) is 11.5 Å². The molecule has 3 aromatic rings. The van der Waals surface area contributed by atoms with Gasteiger partial charge in [0.2, 0.25) is 5.89 Å². The van der Waals surface area contributed by atoms with E-state index in [2.05, 4.69) is 10.2 Å². The molecule has 0 aliphatic carbocycles. The summed E-state index contributed by atoms with van der Waals surface area (Å²) in [6.45, 7) is 1.67. The highest BCUT2D eigenvalue weighted by Gasteiger charge is 2.20. The number of ether oxygens (including phenoxy) is 3. The Labute approximate surface area is 150 Å². The van der Waals surface area contributed by atoms with E-state index in [1.807, 2.05) is 12.1 Å². The van der Waals surface area contributed by atoms with Gasteiger partial charge in [-0.1, -0.05) is 6.07 Å². The molecule has 1 heterocycles. The van der Waals surface area contributed by atoms with Crippen LogP contribution < -0.4 is 9.47 Å². The maximum Gasteiger partial charge on any atom is 0.339 e. The quantitative estimate of drug-likeness (QED) is 0.624. The van der Waals surface area contributed by atoms with Gasteiger partial charge in [-0.2, -0.15) is 0 Å². The molecule has 0 N–H and O–H groups in total. The Morgan fingerprint density at radius 2 is 1.73 bits per heavy atom. The van der Waals surface area contributed by atoms with Gasteiger partial charge in [-0.05, 0) is 49.4 Å². The van der Waals surface area contributed by atoms with Crippen LogP contribution in [0.4, 0.5) is 0 Å². The Morgan fingerprint density at radius 3 is 2.42 bits per heavy atom. The standard InChI is InChI=1S/C19H18N2O5/c1-12(25-19(22)14-5-4-6-16(11-14)24-3)17-20-21-18(26-17)13-7-9-15(23-2)10-8-13/h4-12H,1-3H3/t12-/m0/s1. The number of hydrogen-bond acceptors (Lipinski definition) is 7. The summed E-state index contributed by atoms with van der Waals surface area (Å²) in [7, 11) is 3.13. The van der Waals surface area contributed by atoms with E-state index >= 15 is 0 Å². The van der Waals surface area contributed by atoms with Crippen LogP contribution in [0.3, 0.4) is 0 Å². The van der Waals surface area contributed by atoms with Crippen LogP contribution in [0.1, 0.15) is 29.3 Å². The first-order chi connectivity index (χ1) is 12.6. The SMILES string of the molecule is COc1ccc(-c2nnc([C@H](C)OC(=O)c3cccc(OC)c3)o2)cc1. The third-order valence-electron chi connectivity index (χ3n) is 3.71. The number of carbonyl (C=O) groups is 1. The van der Waals surface area contributed by atoms with Gasteiger partial charge in [-0.15, -0.1) is 10.2 Å². The molecule has 2 aromatic carbocycles. The molecule has 0 spiro atoms. The molecule has 26 heavy (non-hydrogen) atoms. The summed E-state index contributed by atoms with van der Waals surface area (Å²) < 4.78 is 21.2. The van der Waals surface area contributed by atoms with Crippen molar-refractivity contribution in [3.8, 4) is 23.0 Å². The van der Waals surface area contributed by atoms with Gasteiger partial charge >= 0.3 is 5.97 Å². The van der Waals surface area contributed by atoms with Gasteiger partial charge in [-0.3, -0.25) is 0 Å². The molecule has 0 aliphatic heterocycles. The highest BCUT2D eigenvalue weighted by Crippen LogP contribution is 2.25. The molecule has 0 fully saturated rings. The monoisotopic (exact) mass is 354 g/mol. The summed E-state index contributed by atoms with van der Waals surface area (Å²) in [6.07, 6.45) is -0.687. The molecule has 3 rings (SSSR count). The Kier molecular flexibility index (Phi) is 5.17. The van der Waals surface area contributed by atoms with Crippen molar-refractivity contribution in [2.45, 2.75) is 13.0 Å². The van der Waals surface area contributed by atoms with Gasteiger partial charge in [0.05, 0.1) is 19.8 Å². The summed E-state index contributed by atoms with van der Waals surface area (Å²) >= 11 is 0. The van der Waals surface area contributed by atoms with Crippen LogP contribution in [-0.4, -0.2) is 30.4 Å². The van der Waals surface area contributed by atoms with E-state index in [0.29, 0.717) is 17.2 Å². The Bertz CT molecular complexity index is 889. The van der Waals surface area contributed by atoms with Gasteiger partial charge in [0.25, 0.3) is 5.89 Å². The second-order valence-electron chi connectivity index (χ2n) is 5.45. The van der Waals surface area contributed by atoms with Crippen LogP contribution in [0.2, 0.25) is 0 Å². The first-order valence-corrected chi connectivity index (χ1v) is 7.93. The first-order valence-electron chi connectivity index (χ1n) is 7.93. The van der Waals surface area contributed by atoms with E-state index in [1.54, 1.807) is 50.4 Å². The van der Waals surface area contributed by atoms with Gasteiger partial charge in [-0.25, -0.2) is 4.79 Å². The maximum absolute atomic E-state index is 12.3. The molecular formula is C19H18N2O5. The fourth-order valence-electron chi connectivity index (χ4n) is 2.28. The van der Waals surface area contributed by atoms with Crippen LogP contribution in [0.25, 0.3) is 11.5 Å². The van der Waals surface area contributed by atoms with Crippen LogP contribution >= 0.6 is 0 Å². The van der Waals surface area contributed by atoms with Crippen LogP contribution in [0, 0.1) is 0 Å². The van der Waals surface area contributed by atoms with Crippen molar-refractivity contribution in [1.29, 1.82) is 0 Å². The van der Waals surface area contributed by atoms with E-state index in [9.17, 15) is 4.79 Å². The number of aromatic nitrogens is 2. The van der Waals surface area contributed by atoms with Gasteiger partial charge in [0.15, 0.2) is 6.10 Å². The number of hydrogen-bond donors (Lipinski definition) is 0. The maximum atomic E-state index is 12.3. The third-order valence-corrected chi connectivity index (χ3v) is 3.71. The van der Waals surface area contributed by atoms with Crippen molar-refractivity contribution < 1.29 is 23.4 Å². The topological polar surface area (TPSA) is 83.7 Å². The smallest absolute Gasteiger partial charge is 0.339 e. The Balaban J connectivity index is 1.70. The second-order valence-corrected chi connectivity index (χ2v) is 5.45. The lowest BCUT2D eigenvalue weighted by atomic mass is 10.2. The number of methoxy groups -OCH3 is 2. The molecule has 0 aliphatic rings. The average molecular weight is 354 g/mol. The van der Waals surface area contributed by atoms with Crippen molar-refractivity contribution in [3.63, 3.8) is 0 Å². The largest absolute Gasteiger partial charge is 0.497 e.